The monoisotopic (exact) mass is 430 g/mol. The molecule has 0 aromatic carbocycles. The van der Waals surface area contributed by atoms with Crippen LogP contribution in [0.4, 0.5) is 19.1 Å². The lowest BCUT2D eigenvalue weighted by atomic mass is 10.4. The van der Waals surface area contributed by atoms with Gasteiger partial charge in [0, 0.05) is 26.2 Å². The standard InChI is InChI=1S/C15H20N6O2.C2HF3O2/c1-2-3-6-20-13-12(11-17-21(9-10-22)14(13)23)18-15(20)19-7-4-16-5-8-19;3-2(4,5)1(6)7/h11,16,22H,4-10H2,1H3;(H,6,7). The van der Waals surface area contributed by atoms with E-state index in [1.165, 1.54) is 4.68 Å². The number of carboxylic acid groups (broad SMARTS) is 1. The first-order valence-electron chi connectivity index (χ1n) is 8.93. The number of hydrogen-bond acceptors (Lipinski definition) is 7. The number of nitrogens with zero attached hydrogens (tertiary/aromatic N) is 5. The average Bonchev–Trinajstić information content (AvgIpc) is 3.08. The average molecular weight is 430 g/mol. The molecule has 10 nitrogen and oxygen atoms in total. The van der Waals surface area contributed by atoms with Gasteiger partial charge in [0.1, 0.15) is 11.0 Å². The number of carboxylic acids is 1. The molecule has 30 heavy (non-hydrogen) atoms. The second kappa shape index (κ2) is 10.1. The van der Waals surface area contributed by atoms with Crippen LogP contribution >= 0.6 is 0 Å². The van der Waals surface area contributed by atoms with Gasteiger partial charge in [0.2, 0.25) is 5.95 Å². The molecule has 1 saturated heterocycles. The molecule has 1 aliphatic rings. The molecule has 0 unspecified atom stereocenters. The maximum Gasteiger partial charge on any atom is 0.490 e. The highest BCUT2D eigenvalue weighted by Gasteiger charge is 2.38. The van der Waals surface area contributed by atoms with Crippen LogP contribution in [0.5, 0.6) is 0 Å². The van der Waals surface area contributed by atoms with Crippen molar-refractivity contribution in [1.29, 1.82) is 0 Å². The van der Waals surface area contributed by atoms with Crippen molar-refractivity contribution in [2.24, 2.45) is 0 Å². The number of alkyl halides is 3. The van der Waals surface area contributed by atoms with Crippen molar-refractivity contribution < 1.29 is 28.2 Å². The molecule has 2 aromatic rings. The number of halogens is 3. The molecule has 13 heteroatoms. The number of fused-ring (bicyclic) bond motifs is 1. The van der Waals surface area contributed by atoms with Gasteiger partial charge in [0.25, 0.3) is 5.56 Å². The lowest BCUT2D eigenvalue weighted by molar-refractivity contribution is -0.192. The first kappa shape index (κ1) is 23.2. The van der Waals surface area contributed by atoms with Gasteiger partial charge in [0.15, 0.2) is 0 Å². The van der Waals surface area contributed by atoms with Crippen molar-refractivity contribution >= 4 is 23.0 Å². The topological polar surface area (TPSA) is 126 Å². The zero-order valence-electron chi connectivity index (χ0n) is 16.1. The van der Waals surface area contributed by atoms with Crippen molar-refractivity contribution in [3.05, 3.63) is 16.6 Å². The number of aromatic nitrogens is 4. The van der Waals surface area contributed by atoms with E-state index in [-0.39, 0.29) is 18.7 Å². The molecule has 0 saturated carbocycles. The first-order valence-corrected chi connectivity index (χ1v) is 8.93. The molecular formula is C17H21F3N6O4. The molecule has 3 heterocycles. The van der Waals surface area contributed by atoms with Crippen LogP contribution in [0.2, 0.25) is 0 Å². The number of piperazine rings is 1. The van der Waals surface area contributed by atoms with E-state index in [1.54, 1.807) is 13.1 Å². The normalized spacial score (nSPS) is 14.0. The van der Waals surface area contributed by atoms with Crippen LogP contribution in [-0.2, 0) is 17.9 Å². The van der Waals surface area contributed by atoms with E-state index >= 15 is 0 Å². The number of nitrogens with one attached hydrogen (secondary N) is 1. The largest absolute Gasteiger partial charge is 0.490 e. The summed E-state index contributed by atoms with van der Waals surface area (Å²) in [7, 11) is 0. The predicted molar refractivity (Wildman–Crippen MR) is 101 cm³/mol. The van der Waals surface area contributed by atoms with Crippen LogP contribution in [0.3, 0.4) is 0 Å². The lowest BCUT2D eigenvalue weighted by Gasteiger charge is -2.28. The number of imidazole rings is 1. The minimum absolute atomic E-state index is 0.133. The van der Waals surface area contributed by atoms with Crippen LogP contribution in [-0.4, -0.2) is 74.5 Å². The van der Waals surface area contributed by atoms with E-state index in [4.69, 9.17) is 15.0 Å². The molecule has 0 bridgehead atoms. The van der Waals surface area contributed by atoms with Gasteiger partial charge in [-0.2, -0.15) is 18.3 Å². The van der Waals surface area contributed by atoms with E-state index < -0.39 is 12.1 Å². The fourth-order valence-corrected chi connectivity index (χ4v) is 2.74. The third kappa shape index (κ3) is 5.49. The zero-order valence-corrected chi connectivity index (χ0v) is 16.1. The third-order valence-corrected chi connectivity index (χ3v) is 4.10. The molecule has 2 aromatic heterocycles. The van der Waals surface area contributed by atoms with Gasteiger partial charge in [0.05, 0.1) is 25.9 Å². The Morgan fingerprint density at radius 1 is 1.33 bits per heavy atom. The Hall–Kier alpha value is -3.11. The summed E-state index contributed by atoms with van der Waals surface area (Å²) in [5.41, 5.74) is 0.809. The van der Waals surface area contributed by atoms with Crippen molar-refractivity contribution in [2.75, 3.05) is 37.7 Å². The van der Waals surface area contributed by atoms with Crippen LogP contribution < -0.4 is 15.8 Å². The summed E-state index contributed by atoms with van der Waals surface area (Å²) < 4.78 is 34.9. The summed E-state index contributed by atoms with van der Waals surface area (Å²) in [6.45, 7) is 5.65. The zero-order chi connectivity index (χ0) is 22.3. The summed E-state index contributed by atoms with van der Waals surface area (Å²) in [6, 6.07) is 0. The van der Waals surface area contributed by atoms with Crippen molar-refractivity contribution in [3.63, 3.8) is 0 Å². The summed E-state index contributed by atoms with van der Waals surface area (Å²) in [6.07, 6.45) is -3.51. The number of rotatable bonds is 4. The number of aliphatic carboxylic acids is 1. The van der Waals surface area contributed by atoms with Gasteiger partial charge in [-0.1, -0.05) is 5.92 Å². The number of hydrogen-bond donors (Lipinski definition) is 3. The van der Waals surface area contributed by atoms with Gasteiger partial charge in [-0.3, -0.25) is 9.36 Å². The lowest BCUT2D eigenvalue weighted by Crippen LogP contribution is -2.44. The van der Waals surface area contributed by atoms with Crippen LogP contribution in [0.1, 0.15) is 6.92 Å². The fourth-order valence-electron chi connectivity index (χ4n) is 2.74. The van der Waals surface area contributed by atoms with Crippen molar-refractivity contribution in [1.82, 2.24) is 24.6 Å². The number of anilines is 1. The molecule has 0 amide bonds. The predicted octanol–water partition coefficient (Wildman–Crippen LogP) is -0.348. The summed E-state index contributed by atoms with van der Waals surface area (Å²) in [5.74, 6) is 3.88. The summed E-state index contributed by atoms with van der Waals surface area (Å²) in [4.78, 5) is 28.3. The van der Waals surface area contributed by atoms with Gasteiger partial charge < -0.3 is 20.4 Å². The molecule has 3 rings (SSSR count). The molecule has 0 spiro atoms. The van der Waals surface area contributed by atoms with Crippen molar-refractivity contribution in [3.8, 4) is 11.8 Å². The molecule has 0 radical (unpaired) electrons. The fraction of sp³-hybridized carbons (Fsp3) is 0.529. The van der Waals surface area contributed by atoms with E-state index in [0.717, 1.165) is 32.1 Å². The Labute approximate surface area is 168 Å². The van der Waals surface area contributed by atoms with Crippen molar-refractivity contribution in [2.45, 2.75) is 26.2 Å². The third-order valence-electron chi connectivity index (χ3n) is 4.10. The highest BCUT2D eigenvalue weighted by Crippen LogP contribution is 2.20. The molecule has 0 aliphatic carbocycles. The maximum absolute atomic E-state index is 12.6. The number of aliphatic hydroxyl groups excluding tert-OH is 1. The molecule has 1 aliphatic heterocycles. The molecule has 1 fully saturated rings. The highest BCUT2D eigenvalue weighted by atomic mass is 19.4. The van der Waals surface area contributed by atoms with Crippen LogP contribution in [0.15, 0.2) is 11.0 Å². The Balaban J connectivity index is 0.000000396. The minimum Gasteiger partial charge on any atom is -0.475 e. The molecular weight excluding hydrogens is 409 g/mol. The summed E-state index contributed by atoms with van der Waals surface area (Å²) in [5, 5.41) is 23.6. The molecule has 3 N–H and O–H groups in total. The van der Waals surface area contributed by atoms with Gasteiger partial charge >= 0.3 is 12.1 Å². The van der Waals surface area contributed by atoms with E-state index in [2.05, 4.69) is 32.1 Å². The van der Waals surface area contributed by atoms with Gasteiger partial charge in [-0.15, -0.1) is 5.92 Å². The Morgan fingerprint density at radius 2 is 1.97 bits per heavy atom. The minimum atomic E-state index is -5.08. The molecule has 0 atom stereocenters. The first-order chi connectivity index (χ1) is 14.2. The van der Waals surface area contributed by atoms with E-state index in [0.29, 0.717) is 17.6 Å². The van der Waals surface area contributed by atoms with Crippen LogP contribution in [0, 0.1) is 11.8 Å². The Bertz CT molecular complexity index is 999. The van der Waals surface area contributed by atoms with E-state index in [1.807, 2.05) is 4.57 Å². The van der Waals surface area contributed by atoms with Gasteiger partial charge in [-0.05, 0) is 6.92 Å². The number of carbonyl (C=O) groups is 1. The van der Waals surface area contributed by atoms with Gasteiger partial charge in [-0.25, -0.2) is 14.5 Å². The molecule has 164 valence electrons. The smallest absolute Gasteiger partial charge is 0.475 e. The Kier molecular flexibility index (Phi) is 7.79. The summed E-state index contributed by atoms with van der Waals surface area (Å²) >= 11 is 0. The second-order valence-electron chi connectivity index (χ2n) is 6.10. The SMILES string of the molecule is CC#CCn1c(N2CCNCC2)nc2cnn(CCO)c(=O)c21.O=C(O)C(F)(F)F. The second-order valence-corrected chi connectivity index (χ2v) is 6.10. The maximum atomic E-state index is 12.6. The highest BCUT2D eigenvalue weighted by molar-refractivity contribution is 5.77. The quantitative estimate of drug-likeness (QED) is 0.563. The van der Waals surface area contributed by atoms with E-state index in [9.17, 15) is 18.0 Å². The van der Waals surface area contributed by atoms with Crippen LogP contribution in [0.25, 0.3) is 11.0 Å². The Morgan fingerprint density at radius 3 is 2.50 bits per heavy atom. The number of aliphatic hydroxyl groups is 1.